The lowest BCUT2D eigenvalue weighted by Gasteiger charge is -2.34. The number of carbonyl (C=O) groups is 1. The Morgan fingerprint density at radius 1 is 1.41 bits per heavy atom. The predicted octanol–water partition coefficient (Wildman–Crippen LogP) is 1.78. The number of fused-ring (bicyclic) bond motifs is 1. The Balaban J connectivity index is 2.17. The molecule has 1 aromatic carbocycles. The van der Waals surface area contributed by atoms with Crippen LogP contribution in [0.3, 0.4) is 0 Å². The molecule has 1 aliphatic carbocycles. The van der Waals surface area contributed by atoms with Gasteiger partial charge in [0.1, 0.15) is 0 Å². The van der Waals surface area contributed by atoms with E-state index in [1.165, 1.54) is 11.1 Å². The van der Waals surface area contributed by atoms with E-state index in [1.807, 2.05) is 6.07 Å². The van der Waals surface area contributed by atoms with Crippen LogP contribution in [0, 0.1) is 0 Å². The number of carbonyl (C=O) groups excluding carboxylic acids is 1. The highest BCUT2D eigenvalue weighted by atomic mass is 32.2. The van der Waals surface area contributed by atoms with Gasteiger partial charge in [-0.15, -0.1) is 11.8 Å². The molecular weight excluding hydrogens is 232 g/mol. The first-order valence-corrected chi connectivity index (χ1v) is 6.88. The summed E-state index contributed by atoms with van der Waals surface area (Å²) < 4.78 is 0. The van der Waals surface area contributed by atoms with Gasteiger partial charge in [-0.25, -0.2) is 0 Å². The molecule has 2 rings (SSSR count). The van der Waals surface area contributed by atoms with Crippen LogP contribution in [0.1, 0.15) is 36.4 Å². The number of hydrogen-bond acceptors (Lipinski definition) is 3. The van der Waals surface area contributed by atoms with Crippen molar-refractivity contribution in [2.45, 2.75) is 30.6 Å². The normalized spacial score (nSPS) is 27.5. The lowest BCUT2D eigenvalue weighted by molar-refractivity contribution is -0.115. The minimum atomic E-state index is -0.270. The fourth-order valence-electron chi connectivity index (χ4n) is 2.45. The van der Waals surface area contributed by atoms with Crippen LogP contribution >= 0.6 is 11.8 Å². The third-order valence-electron chi connectivity index (χ3n) is 3.31. The highest BCUT2D eigenvalue weighted by Gasteiger charge is 2.30. The number of thioether (sulfide) groups is 1. The Kier molecular flexibility index (Phi) is 3.74. The molecule has 0 heterocycles. The van der Waals surface area contributed by atoms with Crippen molar-refractivity contribution in [2.75, 3.05) is 5.75 Å². The second kappa shape index (κ2) is 5.10. The molecule has 17 heavy (non-hydrogen) atoms. The maximum atomic E-state index is 10.8. The summed E-state index contributed by atoms with van der Waals surface area (Å²) in [5.41, 5.74) is 14.0. The van der Waals surface area contributed by atoms with Gasteiger partial charge in [0.15, 0.2) is 0 Å². The summed E-state index contributed by atoms with van der Waals surface area (Å²) in [5, 5.41) is 0.285. The summed E-state index contributed by atoms with van der Waals surface area (Å²) in [6, 6.07) is 8.32. The number of nitrogens with two attached hydrogens (primary N) is 2. The Hall–Kier alpha value is -1.00. The van der Waals surface area contributed by atoms with Crippen LogP contribution in [-0.4, -0.2) is 16.9 Å². The van der Waals surface area contributed by atoms with Crippen LogP contribution < -0.4 is 11.5 Å². The highest BCUT2D eigenvalue weighted by Crippen LogP contribution is 2.41. The van der Waals surface area contributed by atoms with Gasteiger partial charge in [0.25, 0.3) is 0 Å². The topological polar surface area (TPSA) is 69.1 Å². The molecule has 0 radical (unpaired) electrons. The van der Waals surface area contributed by atoms with Gasteiger partial charge in [-0.2, -0.15) is 0 Å². The first-order valence-electron chi connectivity index (χ1n) is 5.84. The zero-order valence-electron chi connectivity index (χ0n) is 9.93. The zero-order valence-corrected chi connectivity index (χ0v) is 10.7. The van der Waals surface area contributed by atoms with E-state index in [1.54, 1.807) is 11.8 Å². The van der Waals surface area contributed by atoms with E-state index in [-0.39, 0.29) is 17.2 Å². The molecule has 3 nitrogen and oxygen atoms in total. The number of primary amides is 1. The molecule has 3 atom stereocenters. The van der Waals surface area contributed by atoms with E-state index < -0.39 is 0 Å². The summed E-state index contributed by atoms with van der Waals surface area (Å²) in [6.45, 7) is 2.21. The number of benzene rings is 1. The number of amides is 1. The van der Waals surface area contributed by atoms with Gasteiger partial charge in [-0.1, -0.05) is 31.2 Å². The Morgan fingerprint density at radius 2 is 2.06 bits per heavy atom. The second-order valence-corrected chi connectivity index (χ2v) is 5.83. The van der Waals surface area contributed by atoms with Crippen molar-refractivity contribution >= 4 is 17.7 Å². The molecule has 92 valence electrons. The average molecular weight is 250 g/mol. The van der Waals surface area contributed by atoms with E-state index >= 15 is 0 Å². The number of hydrogen-bond donors (Lipinski definition) is 2. The summed E-state index contributed by atoms with van der Waals surface area (Å²) in [7, 11) is 0. The van der Waals surface area contributed by atoms with Crippen molar-refractivity contribution in [3.63, 3.8) is 0 Å². The Morgan fingerprint density at radius 3 is 2.71 bits per heavy atom. The molecular formula is C13H18N2OS. The van der Waals surface area contributed by atoms with Gasteiger partial charge in [0, 0.05) is 11.3 Å². The molecule has 0 bridgehead atoms. The summed E-state index contributed by atoms with van der Waals surface area (Å²) >= 11 is 1.58. The summed E-state index contributed by atoms with van der Waals surface area (Å²) in [6.07, 6.45) is 1.01. The van der Waals surface area contributed by atoms with Crippen molar-refractivity contribution in [1.82, 2.24) is 0 Å². The zero-order chi connectivity index (χ0) is 12.4. The van der Waals surface area contributed by atoms with Gasteiger partial charge < -0.3 is 11.5 Å². The van der Waals surface area contributed by atoms with Crippen LogP contribution in [0.15, 0.2) is 24.3 Å². The van der Waals surface area contributed by atoms with Gasteiger partial charge in [0.05, 0.1) is 5.75 Å². The first kappa shape index (κ1) is 12.5. The van der Waals surface area contributed by atoms with Crippen molar-refractivity contribution < 1.29 is 4.79 Å². The molecule has 1 aliphatic rings. The molecule has 3 unspecified atom stereocenters. The molecule has 0 saturated carbocycles. The van der Waals surface area contributed by atoms with Crippen molar-refractivity contribution in [2.24, 2.45) is 11.5 Å². The average Bonchev–Trinajstić information content (AvgIpc) is 2.32. The Bertz CT molecular complexity index is 422. The molecule has 0 spiro atoms. The molecule has 0 saturated heterocycles. The van der Waals surface area contributed by atoms with Gasteiger partial charge in [-0.3, -0.25) is 4.79 Å². The van der Waals surface area contributed by atoms with Gasteiger partial charge in [-0.05, 0) is 23.5 Å². The van der Waals surface area contributed by atoms with Crippen molar-refractivity contribution in [3.05, 3.63) is 35.4 Å². The van der Waals surface area contributed by atoms with E-state index in [4.69, 9.17) is 11.5 Å². The van der Waals surface area contributed by atoms with E-state index in [0.29, 0.717) is 11.7 Å². The molecule has 0 fully saturated rings. The lowest BCUT2D eigenvalue weighted by Crippen LogP contribution is -2.32. The first-order chi connectivity index (χ1) is 8.09. The maximum absolute atomic E-state index is 10.8. The molecule has 1 amide bonds. The molecule has 1 aromatic rings. The lowest BCUT2D eigenvalue weighted by atomic mass is 9.81. The van der Waals surface area contributed by atoms with E-state index in [9.17, 15) is 4.79 Å². The smallest absolute Gasteiger partial charge is 0.227 e. The van der Waals surface area contributed by atoms with Crippen LogP contribution in [0.2, 0.25) is 0 Å². The third-order valence-corrected chi connectivity index (χ3v) is 4.68. The van der Waals surface area contributed by atoms with E-state index in [0.717, 1.165) is 6.42 Å². The minimum absolute atomic E-state index is 0.00625. The third kappa shape index (κ3) is 2.64. The van der Waals surface area contributed by atoms with Crippen molar-refractivity contribution in [3.8, 4) is 0 Å². The molecule has 4 N–H and O–H groups in total. The fourth-order valence-corrected chi connectivity index (χ4v) is 3.60. The number of rotatable bonds is 3. The quantitative estimate of drug-likeness (QED) is 0.859. The van der Waals surface area contributed by atoms with Crippen LogP contribution in [0.4, 0.5) is 0 Å². The second-order valence-electron chi connectivity index (χ2n) is 4.61. The van der Waals surface area contributed by atoms with Crippen LogP contribution in [0.5, 0.6) is 0 Å². The predicted molar refractivity (Wildman–Crippen MR) is 71.8 cm³/mol. The Labute approximate surface area is 106 Å². The summed E-state index contributed by atoms with van der Waals surface area (Å²) in [5.74, 6) is 0.581. The van der Waals surface area contributed by atoms with Crippen LogP contribution in [-0.2, 0) is 4.79 Å². The molecule has 0 aliphatic heterocycles. The standard InChI is InChI=1S/C13H18N2OS/c1-8-6-11(17-7-12(14)16)13(15)10-5-3-2-4-9(8)10/h2-5,8,11,13H,6-7,15H2,1H3,(H2,14,16). The monoisotopic (exact) mass is 250 g/mol. The van der Waals surface area contributed by atoms with Gasteiger partial charge >= 0.3 is 0 Å². The molecule has 0 aromatic heterocycles. The SMILES string of the molecule is CC1CC(SCC(N)=O)C(N)c2ccccc21. The fraction of sp³-hybridized carbons (Fsp3) is 0.462. The van der Waals surface area contributed by atoms with E-state index in [2.05, 4.69) is 25.1 Å². The van der Waals surface area contributed by atoms with Gasteiger partial charge in [0.2, 0.25) is 5.91 Å². The summed E-state index contributed by atoms with van der Waals surface area (Å²) in [4.78, 5) is 10.8. The largest absolute Gasteiger partial charge is 0.369 e. The highest BCUT2D eigenvalue weighted by molar-refractivity contribution is 8.00. The van der Waals surface area contributed by atoms with Crippen LogP contribution in [0.25, 0.3) is 0 Å². The molecule has 4 heteroatoms. The minimum Gasteiger partial charge on any atom is -0.369 e. The maximum Gasteiger partial charge on any atom is 0.227 e. The van der Waals surface area contributed by atoms with Crippen molar-refractivity contribution in [1.29, 1.82) is 0 Å².